The van der Waals surface area contributed by atoms with Gasteiger partial charge in [0.15, 0.2) is 0 Å². The lowest BCUT2D eigenvalue weighted by Crippen LogP contribution is -2.48. The number of aromatic nitrogens is 2. The number of benzene rings is 1. The fourth-order valence-corrected chi connectivity index (χ4v) is 4.40. The van der Waals surface area contributed by atoms with Gasteiger partial charge in [-0.15, -0.1) is 0 Å². The van der Waals surface area contributed by atoms with Gasteiger partial charge >= 0.3 is 0 Å². The molecule has 1 N–H and O–H groups in total. The third kappa shape index (κ3) is 4.65. The van der Waals surface area contributed by atoms with E-state index in [0.717, 1.165) is 11.4 Å². The Labute approximate surface area is 196 Å². The Morgan fingerprint density at radius 3 is 2.36 bits per heavy atom. The predicted molar refractivity (Wildman–Crippen MR) is 129 cm³/mol. The maximum atomic E-state index is 13.1. The van der Waals surface area contributed by atoms with Crippen LogP contribution >= 0.6 is 0 Å². The molecule has 0 unspecified atom stereocenters. The summed E-state index contributed by atoms with van der Waals surface area (Å²) in [6.45, 7) is 13.8. The summed E-state index contributed by atoms with van der Waals surface area (Å²) in [5.41, 5.74) is 2.47. The molecule has 1 aromatic heterocycles. The zero-order chi connectivity index (χ0) is 23.8. The maximum Gasteiger partial charge on any atom is 0.273 e. The van der Waals surface area contributed by atoms with Gasteiger partial charge in [-0.1, -0.05) is 44.2 Å². The van der Waals surface area contributed by atoms with Crippen molar-refractivity contribution >= 4 is 23.6 Å². The molecule has 0 saturated carbocycles. The molecule has 176 valence electrons. The number of piperazine rings is 1. The van der Waals surface area contributed by atoms with E-state index in [2.05, 4.69) is 48.3 Å². The zero-order valence-corrected chi connectivity index (χ0v) is 20.3. The van der Waals surface area contributed by atoms with Gasteiger partial charge in [-0.2, -0.15) is 4.98 Å². The minimum Gasteiger partial charge on any atom is -0.369 e. The van der Waals surface area contributed by atoms with Crippen molar-refractivity contribution in [2.75, 3.05) is 42.9 Å². The monoisotopic (exact) mass is 450 g/mol. The van der Waals surface area contributed by atoms with E-state index in [9.17, 15) is 9.59 Å². The van der Waals surface area contributed by atoms with Crippen LogP contribution in [-0.4, -0.2) is 70.3 Å². The summed E-state index contributed by atoms with van der Waals surface area (Å²) in [5.74, 6) is 1.31. The fourth-order valence-electron chi connectivity index (χ4n) is 4.40. The summed E-state index contributed by atoms with van der Waals surface area (Å²) in [6.07, 6.45) is 0. The molecule has 8 nitrogen and oxygen atoms in total. The molecule has 1 saturated heterocycles. The third-order valence-electron chi connectivity index (χ3n) is 6.67. The Morgan fingerprint density at radius 1 is 1.09 bits per heavy atom. The Balaban J connectivity index is 1.62. The minimum absolute atomic E-state index is 0.0450. The van der Waals surface area contributed by atoms with E-state index in [1.54, 1.807) is 6.92 Å². The van der Waals surface area contributed by atoms with Gasteiger partial charge in [0.25, 0.3) is 5.91 Å². The number of carbonyl (C=O) groups excluding carboxylic acids is 2. The summed E-state index contributed by atoms with van der Waals surface area (Å²) in [6, 6.07) is 10.5. The van der Waals surface area contributed by atoms with Crippen LogP contribution in [0.2, 0.25) is 0 Å². The van der Waals surface area contributed by atoms with E-state index in [0.29, 0.717) is 50.9 Å². The van der Waals surface area contributed by atoms with Crippen LogP contribution in [-0.2, 0) is 16.8 Å². The van der Waals surface area contributed by atoms with Crippen LogP contribution in [0, 0.1) is 0 Å². The Kier molecular flexibility index (Phi) is 6.28. The Bertz CT molecular complexity index is 1030. The first kappa shape index (κ1) is 23.0. The van der Waals surface area contributed by atoms with Gasteiger partial charge in [-0.25, -0.2) is 4.98 Å². The second kappa shape index (κ2) is 9.00. The molecule has 2 aromatic rings. The van der Waals surface area contributed by atoms with Gasteiger partial charge in [0.05, 0.1) is 6.54 Å². The van der Waals surface area contributed by atoms with E-state index in [4.69, 9.17) is 9.97 Å². The molecule has 33 heavy (non-hydrogen) atoms. The minimum atomic E-state index is -0.118. The Morgan fingerprint density at radius 2 is 1.76 bits per heavy atom. The number of fused-ring (bicyclic) bond motifs is 1. The highest BCUT2D eigenvalue weighted by Crippen LogP contribution is 2.32. The molecule has 0 bridgehead atoms. The van der Waals surface area contributed by atoms with Crippen LogP contribution in [0.15, 0.2) is 30.3 Å². The summed E-state index contributed by atoms with van der Waals surface area (Å²) in [4.78, 5) is 40.2. The molecule has 0 aliphatic carbocycles. The third-order valence-corrected chi connectivity index (χ3v) is 6.67. The van der Waals surface area contributed by atoms with Crippen LogP contribution < -0.4 is 10.2 Å². The lowest BCUT2D eigenvalue weighted by Gasteiger charge is -2.34. The van der Waals surface area contributed by atoms with Gasteiger partial charge in [-0.05, 0) is 19.4 Å². The molecule has 0 atom stereocenters. The molecule has 2 amide bonds. The first-order valence-corrected chi connectivity index (χ1v) is 11.7. The number of nitrogens with zero attached hydrogens (tertiary/aromatic N) is 5. The first-order valence-electron chi connectivity index (χ1n) is 11.7. The van der Waals surface area contributed by atoms with Crippen LogP contribution in [0.25, 0.3) is 0 Å². The van der Waals surface area contributed by atoms with E-state index >= 15 is 0 Å². The number of nitrogens with one attached hydrogen (secondary N) is 1. The van der Waals surface area contributed by atoms with Gasteiger partial charge in [0, 0.05) is 56.7 Å². The van der Waals surface area contributed by atoms with Crippen LogP contribution in [0.1, 0.15) is 56.2 Å². The lowest BCUT2D eigenvalue weighted by molar-refractivity contribution is -0.129. The molecule has 8 heteroatoms. The number of anilines is 2. The van der Waals surface area contributed by atoms with Crippen molar-refractivity contribution in [3.8, 4) is 0 Å². The van der Waals surface area contributed by atoms with Gasteiger partial charge in [-0.3, -0.25) is 9.59 Å². The van der Waals surface area contributed by atoms with E-state index in [-0.39, 0.29) is 23.3 Å². The molecule has 2 aliphatic heterocycles. The van der Waals surface area contributed by atoms with E-state index in [1.165, 1.54) is 5.56 Å². The molecule has 0 radical (unpaired) electrons. The van der Waals surface area contributed by atoms with Crippen molar-refractivity contribution in [3.63, 3.8) is 0 Å². The molecule has 3 heterocycles. The van der Waals surface area contributed by atoms with Gasteiger partial charge < -0.3 is 20.0 Å². The molecule has 1 fully saturated rings. The summed E-state index contributed by atoms with van der Waals surface area (Å²) >= 11 is 0. The highest BCUT2D eigenvalue weighted by Gasteiger charge is 2.35. The van der Waals surface area contributed by atoms with E-state index in [1.807, 2.05) is 29.7 Å². The predicted octanol–water partition coefficient (Wildman–Crippen LogP) is 2.90. The molecule has 2 aliphatic rings. The number of carbonyl (C=O) groups is 2. The van der Waals surface area contributed by atoms with Crippen LogP contribution in [0.3, 0.4) is 0 Å². The fraction of sp³-hybridized carbons (Fsp3) is 0.520. The van der Waals surface area contributed by atoms with E-state index < -0.39 is 0 Å². The summed E-state index contributed by atoms with van der Waals surface area (Å²) < 4.78 is 0. The first-order chi connectivity index (χ1) is 15.7. The van der Waals surface area contributed by atoms with Crippen molar-refractivity contribution in [1.82, 2.24) is 19.8 Å². The zero-order valence-electron chi connectivity index (χ0n) is 20.3. The van der Waals surface area contributed by atoms with Gasteiger partial charge in [0.1, 0.15) is 11.5 Å². The highest BCUT2D eigenvalue weighted by atomic mass is 16.2. The SMILES string of the molecule is CC(=O)N1CCN(c2nc(NCC(C)(C)c3ccccc3)c3c(n2)C(=O)N(C(C)C)C3)CC1. The summed E-state index contributed by atoms with van der Waals surface area (Å²) in [7, 11) is 0. The topological polar surface area (TPSA) is 81.7 Å². The standard InChI is InChI=1S/C25H34N6O2/c1-17(2)31-15-20-21(23(31)33)27-24(30-13-11-29(12-14-30)18(3)32)28-22(20)26-16-25(4,5)19-9-7-6-8-10-19/h6-10,17H,11-16H2,1-5H3,(H,26,27,28). The Hall–Kier alpha value is -3.16. The number of hydrogen-bond acceptors (Lipinski definition) is 6. The lowest BCUT2D eigenvalue weighted by atomic mass is 9.84. The quantitative estimate of drug-likeness (QED) is 0.729. The second-order valence-electron chi connectivity index (χ2n) is 9.82. The summed E-state index contributed by atoms with van der Waals surface area (Å²) in [5, 5.41) is 3.55. The average molecular weight is 451 g/mol. The molecular formula is C25H34N6O2. The number of amides is 2. The second-order valence-corrected chi connectivity index (χ2v) is 9.82. The number of hydrogen-bond donors (Lipinski definition) is 1. The average Bonchev–Trinajstić information content (AvgIpc) is 3.15. The van der Waals surface area contributed by atoms with Crippen LogP contribution in [0.4, 0.5) is 11.8 Å². The van der Waals surface area contributed by atoms with Crippen molar-refractivity contribution in [2.24, 2.45) is 0 Å². The number of rotatable bonds is 6. The van der Waals surface area contributed by atoms with Crippen molar-refractivity contribution < 1.29 is 9.59 Å². The van der Waals surface area contributed by atoms with Crippen molar-refractivity contribution in [3.05, 3.63) is 47.2 Å². The molecule has 1 aromatic carbocycles. The molecular weight excluding hydrogens is 416 g/mol. The molecule has 4 rings (SSSR count). The van der Waals surface area contributed by atoms with Gasteiger partial charge in [0.2, 0.25) is 11.9 Å². The highest BCUT2D eigenvalue weighted by molar-refractivity contribution is 5.98. The normalized spacial score (nSPS) is 16.4. The largest absolute Gasteiger partial charge is 0.369 e. The van der Waals surface area contributed by atoms with Crippen molar-refractivity contribution in [1.29, 1.82) is 0 Å². The smallest absolute Gasteiger partial charge is 0.273 e. The maximum absolute atomic E-state index is 13.1. The molecule has 0 spiro atoms. The van der Waals surface area contributed by atoms with Crippen molar-refractivity contribution in [2.45, 2.75) is 52.6 Å². The van der Waals surface area contributed by atoms with Crippen LogP contribution in [0.5, 0.6) is 0 Å².